The molecule has 1 rings (SSSR count). The first-order valence-corrected chi connectivity index (χ1v) is 5.67. The molecule has 0 radical (unpaired) electrons. The molecule has 0 bridgehead atoms. The molecule has 0 saturated heterocycles. The lowest BCUT2D eigenvalue weighted by atomic mass is 9.97. The van der Waals surface area contributed by atoms with Gasteiger partial charge in [0.1, 0.15) is 6.07 Å². The molecule has 0 amide bonds. The Morgan fingerprint density at radius 2 is 2.18 bits per heavy atom. The van der Waals surface area contributed by atoms with Crippen molar-refractivity contribution in [2.24, 2.45) is 0 Å². The van der Waals surface area contributed by atoms with Crippen LogP contribution in [0.5, 0.6) is 0 Å². The minimum absolute atomic E-state index is 0.324. The van der Waals surface area contributed by atoms with E-state index in [9.17, 15) is 5.11 Å². The van der Waals surface area contributed by atoms with Crippen LogP contribution in [-0.2, 0) is 0 Å². The van der Waals surface area contributed by atoms with Crippen LogP contribution in [0.1, 0.15) is 32.3 Å². The monoisotopic (exact) mass is 234 g/mol. The number of pyridine rings is 1. The molecule has 92 valence electrons. The van der Waals surface area contributed by atoms with Crippen molar-refractivity contribution in [2.75, 3.05) is 17.6 Å². The summed E-state index contributed by atoms with van der Waals surface area (Å²) in [5.74, 6) is 0.448. The van der Waals surface area contributed by atoms with Crippen LogP contribution in [0.15, 0.2) is 12.3 Å². The average Bonchev–Trinajstić information content (AvgIpc) is 2.37. The fourth-order valence-corrected chi connectivity index (χ4v) is 1.46. The van der Waals surface area contributed by atoms with Gasteiger partial charge in [-0.25, -0.2) is 4.98 Å². The summed E-state index contributed by atoms with van der Waals surface area (Å²) in [6, 6.07) is 3.56. The van der Waals surface area contributed by atoms with Gasteiger partial charge in [-0.2, -0.15) is 5.26 Å². The molecule has 0 aliphatic rings. The zero-order valence-electron chi connectivity index (χ0n) is 10.2. The molecule has 0 unspecified atom stereocenters. The Balaban J connectivity index is 2.80. The number of anilines is 2. The lowest BCUT2D eigenvalue weighted by Crippen LogP contribution is -2.35. The van der Waals surface area contributed by atoms with Gasteiger partial charge in [-0.05, 0) is 18.9 Å². The Morgan fingerprint density at radius 1 is 1.53 bits per heavy atom. The van der Waals surface area contributed by atoms with Gasteiger partial charge in [0.05, 0.1) is 16.9 Å². The van der Waals surface area contributed by atoms with Crippen molar-refractivity contribution in [1.29, 1.82) is 5.26 Å². The molecule has 0 spiro atoms. The van der Waals surface area contributed by atoms with Gasteiger partial charge in [-0.15, -0.1) is 0 Å². The molecule has 0 aliphatic carbocycles. The number of nitrogens with zero attached hydrogens (tertiary/aromatic N) is 2. The maximum Gasteiger partial charge on any atom is 0.150 e. The standard InChI is InChI=1S/C12H18N4O/c1-3-12(17,4-2)8-16-11-10(14)9(7-13)5-6-15-11/h5-6,17H,3-4,8,14H2,1-2H3,(H,15,16). The van der Waals surface area contributed by atoms with Gasteiger partial charge in [-0.1, -0.05) is 13.8 Å². The Kier molecular flexibility index (Phi) is 4.30. The first-order valence-electron chi connectivity index (χ1n) is 5.67. The van der Waals surface area contributed by atoms with E-state index in [-0.39, 0.29) is 0 Å². The second-order valence-electron chi connectivity index (χ2n) is 4.02. The zero-order valence-corrected chi connectivity index (χ0v) is 10.2. The lowest BCUT2D eigenvalue weighted by molar-refractivity contribution is 0.0456. The molecular weight excluding hydrogens is 216 g/mol. The molecule has 1 heterocycles. The number of rotatable bonds is 5. The second-order valence-corrected chi connectivity index (χ2v) is 4.02. The summed E-state index contributed by atoms with van der Waals surface area (Å²) in [4.78, 5) is 4.06. The maximum atomic E-state index is 10.1. The summed E-state index contributed by atoms with van der Waals surface area (Å²) in [7, 11) is 0. The van der Waals surface area contributed by atoms with Crippen molar-refractivity contribution in [1.82, 2.24) is 4.98 Å². The first kappa shape index (κ1) is 13.3. The maximum absolute atomic E-state index is 10.1. The number of nitrogens with one attached hydrogen (secondary N) is 1. The van der Waals surface area contributed by atoms with E-state index in [1.165, 1.54) is 6.20 Å². The van der Waals surface area contributed by atoms with Gasteiger partial charge >= 0.3 is 0 Å². The fourth-order valence-electron chi connectivity index (χ4n) is 1.46. The molecule has 0 aromatic carbocycles. The summed E-state index contributed by atoms with van der Waals surface area (Å²) in [6.45, 7) is 4.22. The summed E-state index contributed by atoms with van der Waals surface area (Å²) >= 11 is 0. The summed E-state index contributed by atoms with van der Waals surface area (Å²) < 4.78 is 0. The van der Waals surface area contributed by atoms with Gasteiger partial charge < -0.3 is 16.2 Å². The molecule has 4 N–H and O–H groups in total. The molecule has 1 aromatic heterocycles. The molecule has 5 heteroatoms. The number of nitrogen functional groups attached to an aromatic ring is 1. The Morgan fingerprint density at radius 3 is 2.71 bits per heavy atom. The summed E-state index contributed by atoms with van der Waals surface area (Å²) in [6.07, 6.45) is 2.82. The van der Waals surface area contributed by atoms with E-state index in [1.807, 2.05) is 19.9 Å². The van der Waals surface area contributed by atoms with Gasteiger partial charge in [0, 0.05) is 12.7 Å². The normalized spacial score (nSPS) is 10.9. The molecular formula is C12H18N4O. The molecule has 0 atom stereocenters. The van der Waals surface area contributed by atoms with Gasteiger partial charge in [0.25, 0.3) is 0 Å². The topological polar surface area (TPSA) is 95.0 Å². The molecule has 5 nitrogen and oxygen atoms in total. The van der Waals surface area contributed by atoms with E-state index in [1.54, 1.807) is 6.07 Å². The van der Waals surface area contributed by atoms with Crippen molar-refractivity contribution < 1.29 is 5.11 Å². The predicted octanol–water partition coefficient (Wildman–Crippen LogP) is 1.50. The van der Waals surface area contributed by atoms with Gasteiger partial charge in [-0.3, -0.25) is 0 Å². The third-order valence-electron chi connectivity index (χ3n) is 3.01. The van der Waals surface area contributed by atoms with Crippen LogP contribution in [-0.4, -0.2) is 22.2 Å². The van der Waals surface area contributed by atoms with Crippen LogP contribution in [0.2, 0.25) is 0 Å². The Hall–Kier alpha value is -1.80. The van der Waals surface area contributed by atoms with Crippen molar-refractivity contribution >= 4 is 11.5 Å². The van der Waals surface area contributed by atoms with Crippen LogP contribution in [0.3, 0.4) is 0 Å². The van der Waals surface area contributed by atoms with E-state index >= 15 is 0 Å². The number of aromatic nitrogens is 1. The van der Waals surface area contributed by atoms with Crippen LogP contribution in [0.4, 0.5) is 11.5 Å². The highest BCUT2D eigenvalue weighted by Gasteiger charge is 2.22. The third-order valence-corrected chi connectivity index (χ3v) is 3.01. The van der Waals surface area contributed by atoms with Crippen molar-refractivity contribution in [3.63, 3.8) is 0 Å². The fraction of sp³-hybridized carbons (Fsp3) is 0.500. The van der Waals surface area contributed by atoms with Crippen molar-refractivity contribution in [2.45, 2.75) is 32.3 Å². The smallest absolute Gasteiger partial charge is 0.150 e. The minimum Gasteiger partial charge on any atom is -0.395 e. The van der Waals surface area contributed by atoms with Crippen molar-refractivity contribution in [3.05, 3.63) is 17.8 Å². The van der Waals surface area contributed by atoms with Gasteiger partial charge in [0.15, 0.2) is 5.82 Å². The number of hydrogen-bond acceptors (Lipinski definition) is 5. The van der Waals surface area contributed by atoms with Crippen LogP contribution in [0, 0.1) is 11.3 Å². The largest absolute Gasteiger partial charge is 0.395 e. The van der Waals surface area contributed by atoms with Crippen LogP contribution >= 0.6 is 0 Å². The van der Waals surface area contributed by atoms with Gasteiger partial charge in [0.2, 0.25) is 0 Å². The minimum atomic E-state index is -0.767. The lowest BCUT2D eigenvalue weighted by Gasteiger charge is -2.25. The number of nitriles is 1. The number of hydrogen-bond donors (Lipinski definition) is 3. The third kappa shape index (κ3) is 3.08. The van der Waals surface area contributed by atoms with E-state index in [0.29, 0.717) is 36.5 Å². The van der Waals surface area contributed by atoms with Crippen LogP contribution in [0.25, 0.3) is 0 Å². The highest BCUT2D eigenvalue weighted by molar-refractivity contribution is 5.68. The molecule has 1 aromatic rings. The quantitative estimate of drug-likeness (QED) is 0.717. The summed E-state index contributed by atoms with van der Waals surface area (Å²) in [5, 5.41) is 21.9. The van der Waals surface area contributed by atoms with E-state index in [4.69, 9.17) is 11.0 Å². The SMILES string of the molecule is CCC(O)(CC)CNc1nccc(C#N)c1N. The second kappa shape index (κ2) is 5.51. The molecule has 17 heavy (non-hydrogen) atoms. The molecule has 0 saturated carbocycles. The Labute approximate surface area is 101 Å². The molecule has 0 fully saturated rings. The number of nitrogens with two attached hydrogens (primary N) is 1. The van der Waals surface area contributed by atoms with Crippen LogP contribution < -0.4 is 11.1 Å². The number of aliphatic hydroxyl groups is 1. The predicted molar refractivity (Wildman–Crippen MR) is 67.4 cm³/mol. The molecule has 0 aliphatic heterocycles. The highest BCUT2D eigenvalue weighted by Crippen LogP contribution is 2.21. The van der Waals surface area contributed by atoms with E-state index < -0.39 is 5.60 Å². The highest BCUT2D eigenvalue weighted by atomic mass is 16.3. The Bertz CT molecular complexity index is 421. The van der Waals surface area contributed by atoms with E-state index in [2.05, 4.69) is 10.3 Å². The average molecular weight is 234 g/mol. The zero-order chi connectivity index (χ0) is 12.9. The van der Waals surface area contributed by atoms with Crippen molar-refractivity contribution in [3.8, 4) is 6.07 Å². The first-order chi connectivity index (χ1) is 8.06. The summed E-state index contributed by atoms with van der Waals surface area (Å²) in [5.41, 5.74) is 5.72. The van der Waals surface area contributed by atoms with E-state index in [0.717, 1.165) is 0 Å².